The molecule has 0 fully saturated rings. The summed E-state index contributed by atoms with van der Waals surface area (Å²) in [6, 6.07) is 3.40. The van der Waals surface area contributed by atoms with Crippen molar-refractivity contribution < 1.29 is 4.74 Å². The van der Waals surface area contributed by atoms with E-state index in [0.29, 0.717) is 11.4 Å². The second kappa shape index (κ2) is 3.89. The first kappa shape index (κ1) is 9.51. The fourth-order valence-electron chi connectivity index (χ4n) is 0.904. The SMILES string of the molecule is CC(C)Oc1ccnc(C(=N)N)c1. The van der Waals surface area contributed by atoms with Gasteiger partial charge in [-0.3, -0.25) is 10.4 Å². The van der Waals surface area contributed by atoms with E-state index in [1.165, 1.54) is 0 Å². The number of nitrogens with one attached hydrogen (secondary N) is 1. The minimum absolute atomic E-state index is 0.0470. The molecule has 0 atom stereocenters. The quantitative estimate of drug-likeness (QED) is 0.540. The molecule has 0 bridgehead atoms. The molecule has 0 saturated carbocycles. The molecular weight excluding hydrogens is 166 g/mol. The molecule has 4 heteroatoms. The maximum absolute atomic E-state index is 7.17. The maximum atomic E-state index is 7.17. The van der Waals surface area contributed by atoms with Crippen LogP contribution in [0.15, 0.2) is 18.3 Å². The van der Waals surface area contributed by atoms with Crippen LogP contribution in [-0.2, 0) is 0 Å². The molecule has 3 N–H and O–H groups in total. The highest BCUT2D eigenvalue weighted by Gasteiger charge is 2.01. The highest BCUT2D eigenvalue weighted by atomic mass is 16.5. The van der Waals surface area contributed by atoms with Crippen LogP contribution in [0, 0.1) is 5.41 Å². The van der Waals surface area contributed by atoms with Crippen molar-refractivity contribution in [2.45, 2.75) is 20.0 Å². The lowest BCUT2D eigenvalue weighted by atomic mass is 10.3. The van der Waals surface area contributed by atoms with Crippen LogP contribution in [0.5, 0.6) is 5.75 Å². The van der Waals surface area contributed by atoms with Gasteiger partial charge in [0.05, 0.1) is 6.10 Å². The van der Waals surface area contributed by atoms with Gasteiger partial charge in [-0.05, 0) is 19.9 Å². The lowest BCUT2D eigenvalue weighted by Crippen LogP contribution is -2.13. The summed E-state index contributed by atoms with van der Waals surface area (Å²) in [7, 11) is 0. The molecule has 4 nitrogen and oxygen atoms in total. The molecule has 0 aliphatic heterocycles. The second-order valence-electron chi connectivity index (χ2n) is 2.96. The zero-order valence-electron chi connectivity index (χ0n) is 7.74. The van der Waals surface area contributed by atoms with Gasteiger partial charge in [0.2, 0.25) is 0 Å². The summed E-state index contributed by atoms with van der Waals surface area (Å²) in [5.41, 5.74) is 5.72. The number of pyridine rings is 1. The van der Waals surface area contributed by atoms with Gasteiger partial charge in [0.15, 0.2) is 0 Å². The molecular formula is C9H13N3O. The number of nitrogens with zero attached hydrogens (tertiary/aromatic N) is 1. The van der Waals surface area contributed by atoms with Crippen LogP contribution in [0.1, 0.15) is 19.5 Å². The normalized spacial score (nSPS) is 10.1. The van der Waals surface area contributed by atoms with E-state index in [1.54, 1.807) is 18.3 Å². The van der Waals surface area contributed by atoms with Crippen molar-refractivity contribution in [3.05, 3.63) is 24.0 Å². The monoisotopic (exact) mass is 179 g/mol. The molecule has 1 rings (SSSR count). The lowest BCUT2D eigenvalue weighted by molar-refractivity contribution is 0.242. The third-order valence-corrected chi connectivity index (χ3v) is 1.38. The first-order chi connectivity index (χ1) is 6.09. The molecule has 0 radical (unpaired) electrons. The van der Waals surface area contributed by atoms with Crippen LogP contribution >= 0.6 is 0 Å². The standard InChI is InChI=1S/C9H13N3O/c1-6(2)13-7-3-4-12-8(5-7)9(10)11/h3-6H,1-2H3,(H3,10,11). The number of nitrogen functional groups attached to an aromatic ring is 1. The first-order valence-electron chi connectivity index (χ1n) is 4.06. The van der Waals surface area contributed by atoms with Crippen LogP contribution in [0.3, 0.4) is 0 Å². The van der Waals surface area contributed by atoms with Gasteiger partial charge in [0.1, 0.15) is 17.3 Å². The molecule has 0 amide bonds. The Kier molecular flexibility index (Phi) is 2.84. The van der Waals surface area contributed by atoms with E-state index in [2.05, 4.69) is 4.98 Å². The number of amidine groups is 1. The smallest absolute Gasteiger partial charge is 0.141 e. The first-order valence-corrected chi connectivity index (χ1v) is 4.06. The molecule has 1 aromatic heterocycles. The van der Waals surface area contributed by atoms with Crippen molar-refractivity contribution in [1.29, 1.82) is 5.41 Å². The molecule has 0 aliphatic rings. The van der Waals surface area contributed by atoms with Crippen molar-refractivity contribution in [3.8, 4) is 5.75 Å². The average Bonchev–Trinajstić information content (AvgIpc) is 2.03. The van der Waals surface area contributed by atoms with Gasteiger partial charge in [0.25, 0.3) is 0 Å². The summed E-state index contributed by atoms with van der Waals surface area (Å²) < 4.78 is 5.41. The fourth-order valence-corrected chi connectivity index (χ4v) is 0.904. The van der Waals surface area contributed by atoms with Gasteiger partial charge < -0.3 is 10.5 Å². The van der Waals surface area contributed by atoms with E-state index < -0.39 is 0 Å². The van der Waals surface area contributed by atoms with E-state index in [4.69, 9.17) is 15.9 Å². The van der Waals surface area contributed by atoms with Gasteiger partial charge in [-0.25, -0.2) is 0 Å². The number of nitrogens with two attached hydrogens (primary N) is 1. The highest BCUT2D eigenvalue weighted by Crippen LogP contribution is 2.12. The van der Waals surface area contributed by atoms with E-state index in [1.807, 2.05) is 13.8 Å². The van der Waals surface area contributed by atoms with Crippen LogP contribution < -0.4 is 10.5 Å². The van der Waals surface area contributed by atoms with Gasteiger partial charge in [-0.1, -0.05) is 0 Å². The van der Waals surface area contributed by atoms with Gasteiger partial charge in [-0.15, -0.1) is 0 Å². The summed E-state index contributed by atoms with van der Waals surface area (Å²) in [4.78, 5) is 3.92. The van der Waals surface area contributed by atoms with E-state index in [0.717, 1.165) is 0 Å². The zero-order chi connectivity index (χ0) is 9.84. The topological polar surface area (TPSA) is 72.0 Å². The highest BCUT2D eigenvalue weighted by molar-refractivity contribution is 5.93. The van der Waals surface area contributed by atoms with Crippen molar-refractivity contribution in [2.24, 2.45) is 5.73 Å². The predicted molar refractivity (Wildman–Crippen MR) is 51.0 cm³/mol. The molecule has 0 unspecified atom stereocenters. The van der Waals surface area contributed by atoms with Gasteiger partial charge >= 0.3 is 0 Å². The van der Waals surface area contributed by atoms with E-state index in [-0.39, 0.29) is 11.9 Å². The van der Waals surface area contributed by atoms with Crippen LogP contribution in [0.4, 0.5) is 0 Å². The molecule has 0 spiro atoms. The summed E-state index contributed by atoms with van der Waals surface area (Å²) in [6.45, 7) is 3.88. The zero-order valence-corrected chi connectivity index (χ0v) is 7.74. The Bertz CT molecular complexity index is 309. The van der Waals surface area contributed by atoms with E-state index >= 15 is 0 Å². The Morgan fingerprint density at radius 2 is 2.31 bits per heavy atom. The number of ether oxygens (including phenoxy) is 1. The lowest BCUT2D eigenvalue weighted by Gasteiger charge is -2.09. The molecule has 1 aromatic rings. The third-order valence-electron chi connectivity index (χ3n) is 1.38. The molecule has 0 aliphatic carbocycles. The van der Waals surface area contributed by atoms with Crippen molar-refractivity contribution in [2.75, 3.05) is 0 Å². The van der Waals surface area contributed by atoms with Crippen LogP contribution in [0.2, 0.25) is 0 Å². The van der Waals surface area contributed by atoms with Crippen LogP contribution in [0.25, 0.3) is 0 Å². The van der Waals surface area contributed by atoms with Crippen molar-refractivity contribution in [3.63, 3.8) is 0 Å². The average molecular weight is 179 g/mol. The fraction of sp³-hybridized carbons (Fsp3) is 0.333. The summed E-state index contributed by atoms with van der Waals surface area (Å²) in [6.07, 6.45) is 1.69. The van der Waals surface area contributed by atoms with Gasteiger partial charge in [-0.2, -0.15) is 0 Å². The third kappa shape index (κ3) is 2.74. The Morgan fingerprint density at radius 1 is 1.62 bits per heavy atom. The summed E-state index contributed by atoms with van der Waals surface area (Å²) in [5.74, 6) is 0.643. The largest absolute Gasteiger partial charge is 0.491 e. The predicted octanol–water partition coefficient (Wildman–Crippen LogP) is 1.15. The number of aromatic nitrogens is 1. The molecule has 0 saturated heterocycles. The van der Waals surface area contributed by atoms with Crippen molar-refractivity contribution in [1.82, 2.24) is 4.98 Å². The minimum Gasteiger partial charge on any atom is -0.491 e. The number of hydrogen-bond donors (Lipinski definition) is 2. The molecule has 13 heavy (non-hydrogen) atoms. The van der Waals surface area contributed by atoms with Crippen LogP contribution in [-0.4, -0.2) is 16.9 Å². The Balaban J connectivity index is 2.85. The molecule has 70 valence electrons. The maximum Gasteiger partial charge on any atom is 0.141 e. The molecule has 0 aromatic carbocycles. The number of rotatable bonds is 3. The minimum atomic E-state index is -0.0470. The van der Waals surface area contributed by atoms with Gasteiger partial charge in [0, 0.05) is 12.3 Å². The van der Waals surface area contributed by atoms with Crippen molar-refractivity contribution >= 4 is 5.84 Å². The Hall–Kier alpha value is -1.58. The van der Waals surface area contributed by atoms with E-state index in [9.17, 15) is 0 Å². The summed E-state index contributed by atoms with van der Waals surface area (Å²) >= 11 is 0. The summed E-state index contributed by atoms with van der Waals surface area (Å²) in [5, 5.41) is 7.17. The second-order valence-corrected chi connectivity index (χ2v) is 2.96. The number of hydrogen-bond acceptors (Lipinski definition) is 3. The molecule has 1 heterocycles. The Morgan fingerprint density at radius 3 is 2.85 bits per heavy atom. The Labute approximate surface area is 77.2 Å².